The lowest BCUT2D eigenvalue weighted by Gasteiger charge is -2.19. The predicted molar refractivity (Wildman–Crippen MR) is 109 cm³/mol. The van der Waals surface area contributed by atoms with E-state index in [0.29, 0.717) is 17.8 Å². The summed E-state index contributed by atoms with van der Waals surface area (Å²) in [5.41, 5.74) is 2.05. The first kappa shape index (κ1) is 17.9. The van der Waals surface area contributed by atoms with Crippen molar-refractivity contribution < 1.29 is 14.4 Å². The molecule has 140 valence electrons. The number of nitrogens with zero attached hydrogens (tertiary/aromatic N) is 1. The van der Waals surface area contributed by atoms with Crippen LogP contribution in [0.3, 0.4) is 0 Å². The van der Waals surface area contributed by atoms with Gasteiger partial charge in [-0.3, -0.25) is 14.4 Å². The summed E-state index contributed by atoms with van der Waals surface area (Å²) in [6.45, 7) is 1.85. The molecule has 0 aliphatic carbocycles. The van der Waals surface area contributed by atoms with E-state index in [2.05, 4.69) is 5.32 Å². The van der Waals surface area contributed by atoms with Crippen molar-refractivity contribution in [1.29, 1.82) is 0 Å². The van der Waals surface area contributed by atoms with Crippen LogP contribution >= 0.6 is 0 Å². The number of nitrogens with one attached hydrogen (secondary N) is 1. The maximum atomic E-state index is 12.7. The van der Waals surface area contributed by atoms with Gasteiger partial charge in [-0.1, -0.05) is 36.4 Å². The standard InChI is InChI=1S/C23H20N2O3/c1-15(26)16-9-11-19(12-10-16)24-23(28)18-13-22(27)25(14-18)21-8-4-6-17-5-2-3-7-20(17)21/h2-12,18H,13-14H2,1H3,(H,24,28). The maximum absolute atomic E-state index is 12.7. The van der Waals surface area contributed by atoms with Crippen LogP contribution in [0.5, 0.6) is 0 Å². The molecule has 1 saturated heterocycles. The number of benzene rings is 3. The van der Waals surface area contributed by atoms with Crippen molar-refractivity contribution in [2.24, 2.45) is 5.92 Å². The SMILES string of the molecule is CC(=O)c1ccc(NC(=O)C2CC(=O)N(c3cccc4ccccc34)C2)cc1. The Kier molecular flexibility index (Phi) is 4.65. The third-order valence-corrected chi connectivity index (χ3v) is 5.11. The fourth-order valence-corrected chi connectivity index (χ4v) is 3.59. The molecule has 0 bridgehead atoms. The van der Waals surface area contributed by atoms with Gasteiger partial charge in [0.2, 0.25) is 11.8 Å². The molecule has 5 nitrogen and oxygen atoms in total. The lowest BCUT2D eigenvalue weighted by atomic mass is 10.1. The van der Waals surface area contributed by atoms with Crippen molar-refractivity contribution in [3.05, 3.63) is 72.3 Å². The largest absolute Gasteiger partial charge is 0.326 e. The van der Waals surface area contributed by atoms with Crippen molar-refractivity contribution in [1.82, 2.24) is 0 Å². The smallest absolute Gasteiger partial charge is 0.229 e. The van der Waals surface area contributed by atoms with Gasteiger partial charge in [0.1, 0.15) is 0 Å². The minimum Gasteiger partial charge on any atom is -0.326 e. The van der Waals surface area contributed by atoms with Crippen LogP contribution in [0.25, 0.3) is 10.8 Å². The molecule has 5 heteroatoms. The van der Waals surface area contributed by atoms with Gasteiger partial charge in [0.15, 0.2) is 5.78 Å². The Bertz CT molecular complexity index is 1070. The van der Waals surface area contributed by atoms with E-state index >= 15 is 0 Å². The minimum atomic E-state index is -0.418. The summed E-state index contributed by atoms with van der Waals surface area (Å²) < 4.78 is 0. The second-order valence-electron chi connectivity index (χ2n) is 7.03. The molecule has 1 heterocycles. The molecule has 3 aromatic rings. The van der Waals surface area contributed by atoms with Gasteiger partial charge in [-0.2, -0.15) is 0 Å². The van der Waals surface area contributed by atoms with Crippen molar-refractivity contribution >= 4 is 39.7 Å². The Hall–Kier alpha value is -3.47. The monoisotopic (exact) mass is 372 g/mol. The fourth-order valence-electron chi connectivity index (χ4n) is 3.59. The number of hydrogen-bond donors (Lipinski definition) is 1. The number of ketones is 1. The Morgan fingerprint density at radius 1 is 0.964 bits per heavy atom. The van der Waals surface area contributed by atoms with E-state index in [1.165, 1.54) is 6.92 Å². The van der Waals surface area contributed by atoms with E-state index in [1.54, 1.807) is 29.2 Å². The highest BCUT2D eigenvalue weighted by molar-refractivity contribution is 6.08. The second kappa shape index (κ2) is 7.27. The molecular weight excluding hydrogens is 352 g/mol. The van der Waals surface area contributed by atoms with Gasteiger partial charge in [0.25, 0.3) is 0 Å². The molecule has 28 heavy (non-hydrogen) atoms. The van der Waals surface area contributed by atoms with E-state index in [0.717, 1.165) is 16.5 Å². The molecule has 3 aromatic carbocycles. The van der Waals surface area contributed by atoms with Crippen LogP contribution in [0, 0.1) is 5.92 Å². The average molecular weight is 372 g/mol. The molecule has 0 saturated carbocycles. The molecule has 4 rings (SSSR count). The van der Waals surface area contributed by atoms with Crippen molar-refractivity contribution in [2.75, 3.05) is 16.8 Å². The van der Waals surface area contributed by atoms with Crippen molar-refractivity contribution in [3.63, 3.8) is 0 Å². The quantitative estimate of drug-likeness (QED) is 0.703. The van der Waals surface area contributed by atoms with Crippen LogP contribution in [-0.2, 0) is 9.59 Å². The molecular formula is C23H20N2O3. The summed E-state index contributed by atoms with van der Waals surface area (Å²) in [7, 11) is 0. The Labute approximate surface area is 163 Å². The van der Waals surface area contributed by atoms with E-state index < -0.39 is 5.92 Å². The summed E-state index contributed by atoms with van der Waals surface area (Å²) in [5, 5.41) is 4.91. The molecule has 1 unspecified atom stereocenters. The highest BCUT2D eigenvalue weighted by Crippen LogP contribution is 2.32. The van der Waals surface area contributed by atoms with Gasteiger partial charge in [0, 0.05) is 29.6 Å². The second-order valence-corrected chi connectivity index (χ2v) is 7.03. The fraction of sp³-hybridized carbons (Fsp3) is 0.174. The predicted octanol–water partition coefficient (Wildman–Crippen LogP) is 4.03. The summed E-state index contributed by atoms with van der Waals surface area (Å²) >= 11 is 0. The normalized spacial score (nSPS) is 16.4. The van der Waals surface area contributed by atoms with Gasteiger partial charge in [-0.05, 0) is 42.6 Å². The zero-order chi connectivity index (χ0) is 19.7. The zero-order valence-corrected chi connectivity index (χ0v) is 15.5. The van der Waals surface area contributed by atoms with E-state index in [1.807, 2.05) is 42.5 Å². The maximum Gasteiger partial charge on any atom is 0.229 e. The number of Topliss-reactive ketones (excluding diaryl/α,β-unsaturated/α-hetero) is 1. The van der Waals surface area contributed by atoms with E-state index in [4.69, 9.17) is 0 Å². The van der Waals surface area contributed by atoms with Gasteiger partial charge in [-0.25, -0.2) is 0 Å². The number of anilines is 2. The van der Waals surface area contributed by atoms with Crippen LogP contribution < -0.4 is 10.2 Å². The third-order valence-electron chi connectivity index (χ3n) is 5.11. The number of carbonyl (C=O) groups is 3. The minimum absolute atomic E-state index is 0.0232. The van der Waals surface area contributed by atoms with Gasteiger partial charge < -0.3 is 10.2 Å². The summed E-state index contributed by atoms with van der Waals surface area (Å²) in [4.78, 5) is 38.3. The molecule has 0 aromatic heterocycles. The molecule has 1 N–H and O–H groups in total. The average Bonchev–Trinajstić information content (AvgIpc) is 3.09. The highest BCUT2D eigenvalue weighted by atomic mass is 16.2. The molecule has 0 spiro atoms. The van der Waals surface area contributed by atoms with Crippen molar-refractivity contribution in [3.8, 4) is 0 Å². The van der Waals surface area contributed by atoms with Crippen LogP contribution in [0.4, 0.5) is 11.4 Å². The molecule has 1 aliphatic heterocycles. The van der Waals surface area contributed by atoms with Gasteiger partial charge >= 0.3 is 0 Å². The Balaban J connectivity index is 1.51. The van der Waals surface area contributed by atoms with Crippen molar-refractivity contribution in [2.45, 2.75) is 13.3 Å². The van der Waals surface area contributed by atoms with Crippen LogP contribution in [-0.4, -0.2) is 24.1 Å². The number of rotatable bonds is 4. The summed E-state index contributed by atoms with van der Waals surface area (Å²) in [6.07, 6.45) is 0.181. The highest BCUT2D eigenvalue weighted by Gasteiger charge is 2.35. The summed E-state index contributed by atoms with van der Waals surface area (Å²) in [6, 6.07) is 20.5. The third kappa shape index (κ3) is 3.39. The van der Waals surface area contributed by atoms with E-state index in [-0.39, 0.29) is 24.0 Å². The molecule has 1 fully saturated rings. The van der Waals surface area contributed by atoms with Gasteiger partial charge in [-0.15, -0.1) is 0 Å². The lowest BCUT2D eigenvalue weighted by Crippen LogP contribution is -2.28. The molecule has 1 atom stereocenters. The van der Waals surface area contributed by atoms with Crippen LogP contribution in [0.2, 0.25) is 0 Å². The number of fused-ring (bicyclic) bond motifs is 1. The molecule has 1 aliphatic rings. The first-order valence-electron chi connectivity index (χ1n) is 9.23. The molecule has 0 radical (unpaired) electrons. The van der Waals surface area contributed by atoms with Crippen LogP contribution in [0.15, 0.2) is 66.7 Å². The molecule has 2 amide bonds. The number of carbonyl (C=O) groups excluding carboxylic acids is 3. The Morgan fingerprint density at radius 3 is 2.43 bits per heavy atom. The van der Waals surface area contributed by atoms with Gasteiger partial charge in [0.05, 0.1) is 11.6 Å². The van der Waals surface area contributed by atoms with E-state index in [9.17, 15) is 14.4 Å². The number of hydrogen-bond acceptors (Lipinski definition) is 3. The van der Waals surface area contributed by atoms with Crippen LogP contribution in [0.1, 0.15) is 23.7 Å². The first-order chi connectivity index (χ1) is 13.5. The summed E-state index contributed by atoms with van der Waals surface area (Å²) in [5.74, 6) is -0.681. The first-order valence-corrected chi connectivity index (χ1v) is 9.23. The number of amides is 2. The topological polar surface area (TPSA) is 66.5 Å². The zero-order valence-electron chi connectivity index (χ0n) is 15.5. The lowest BCUT2D eigenvalue weighted by molar-refractivity contribution is -0.122. The Morgan fingerprint density at radius 2 is 1.68 bits per heavy atom.